The molecule has 1 amide bonds. The zero-order chi connectivity index (χ0) is 30.5. The van der Waals surface area contributed by atoms with Gasteiger partial charge in [-0.05, 0) is 18.1 Å². The quantitative estimate of drug-likeness (QED) is 0.105. The largest absolute Gasteiger partial charge is 0.416 e. The Balaban J connectivity index is 0.000000411. The van der Waals surface area contributed by atoms with Crippen LogP contribution in [0.15, 0.2) is 29.6 Å². The molecular formula is C32H49F3N2O3S. The molecule has 1 aromatic heterocycles. The Bertz CT molecular complexity index is 977. The van der Waals surface area contributed by atoms with Gasteiger partial charge in [0.2, 0.25) is 5.88 Å². The van der Waals surface area contributed by atoms with Crippen LogP contribution in [0, 0.1) is 5.92 Å². The maximum Gasteiger partial charge on any atom is 0.416 e. The number of carbonyl (C=O) groups is 2. The highest BCUT2D eigenvalue weighted by Crippen LogP contribution is 2.32. The van der Waals surface area contributed by atoms with E-state index in [0.717, 1.165) is 29.4 Å². The minimum absolute atomic E-state index is 0.140. The molecule has 0 saturated carbocycles. The lowest BCUT2D eigenvalue weighted by Crippen LogP contribution is -2.27. The number of amides is 1. The molecule has 0 aliphatic carbocycles. The molecule has 1 aromatic carbocycles. The lowest BCUT2D eigenvalue weighted by Gasteiger charge is -2.11. The van der Waals surface area contributed by atoms with Gasteiger partial charge in [0, 0.05) is 5.56 Å². The van der Waals surface area contributed by atoms with Crippen LogP contribution < -0.4 is 10.5 Å². The van der Waals surface area contributed by atoms with Gasteiger partial charge < -0.3 is 10.5 Å². The number of ether oxygens (including phenoxy) is 1. The van der Waals surface area contributed by atoms with E-state index in [1.54, 1.807) is 0 Å². The highest BCUT2D eigenvalue weighted by molar-refractivity contribution is 7.13. The number of nitrogens with zero attached hydrogens (tertiary/aromatic N) is 1. The molecule has 2 aromatic rings. The van der Waals surface area contributed by atoms with Crippen LogP contribution >= 0.6 is 11.3 Å². The van der Waals surface area contributed by atoms with Crippen LogP contribution in [0.25, 0.3) is 10.6 Å². The van der Waals surface area contributed by atoms with Gasteiger partial charge in [-0.15, -0.1) is 11.3 Å². The molecular weight excluding hydrogens is 549 g/mol. The maximum absolute atomic E-state index is 12.4. The summed E-state index contributed by atoms with van der Waals surface area (Å²) in [6.07, 6.45) is 18.9. The molecule has 0 aliphatic rings. The average molecular weight is 599 g/mol. The van der Waals surface area contributed by atoms with Gasteiger partial charge in [-0.1, -0.05) is 136 Å². The Hall–Kier alpha value is -2.42. The fourth-order valence-corrected chi connectivity index (χ4v) is 5.16. The minimum Gasteiger partial charge on any atom is -0.399 e. The van der Waals surface area contributed by atoms with Crippen molar-refractivity contribution >= 4 is 23.2 Å². The first kappa shape index (κ1) is 36.6. The van der Waals surface area contributed by atoms with E-state index in [9.17, 15) is 22.8 Å². The summed E-state index contributed by atoms with van der Waals surface area (Å²) in [5, 5.41) is 1.68. The van der Waals surface area contributed by atoms with Crippen molar-refractivity contribution < 1.29 is 27.5 Å². The molecule has 5 nitrogen and oxygen atoms in total. The van der Waals surface area contributed by atoms with Gasteiger partial charge in [-0.25, -0.2) is 9.78 Å². The SMILES string of the molecule is CCCCCCCCCCC(C)CCCCCCCC.NC(=O)C(=O)Oc1csc(-c2ccc(C(F)(F)F)cc2)n1. The van der Waals surface area contributed by atoms with Crippen molar-refractivity contribution in [2.24, 2.45) is 11.7 Å². The first-order valence-electron chi connectivity index (χ1n) is 15.2. The summed E-state index contributed by atoms with van der Waals surface area (Å²) in [6.45, 7) is 7.06. The zero-order valence-corrected chi connectivity index (χ0v) is 25.9. The van der Waals surface area contributed by atoms with Crippen LogP contribution in [-0.4, -0.2) is 16.9 Å². The van der Waals surface area contributed by atoms with E-state index in [1.165, 1.54) is 120 Å². The number of thiazole rings is 1. The third-order valence-electron chi connectivity index (χ3n) is 6.94. The number of rotatable bonds is 18. The second-order valence-corrected chi connectivity index (χ2v) is 11.6. The Kier molecular flexibility index (Phi) is 19.0. The molecule has 0 radical (unpaired) electrons. The van der Waals surface area contributed by atoms with Gasteiger partial charge in [0.15, 0.2) is 0 Å². The Labute approximate surface area is 248 Å². The van der Waals surface area contributed by atoms with Crippen LogP contribution in [-0.2, 0) is 15.8 Å². The zero-order valence-electron chi connectivity index (χ0n) is 25.1. The minimum atomic E-state index is -4.41. The molecule has 9 heteroatoms. The van der Waals surface area contributed by atoms with Crippen molar-refractivity contribution in [1.82, 2.24) is 4.98 Å². The first-order chi connectivity index (χ1) is 19.6. The van der Waals surface area contributed by atoms with E-state index in [0.29, 0.717) is 10.6 Å². The van der Waals surface area contributed by atoms with E-state index in [4.69, 9.17) is 5.73 Å². The average Bonchev–Trinajstić information content (AvgIpc) is 3.40. The van der Waals surface area contributed by atoms with E-state index < -0.39 is 23.6 Å². The Morgan fingerprint density at radius 3 is 1.73 bits per heavy atom. The first-order valence-corrected chi connectivity index (χ1v) is 16.1. The molecule has 1 heterocycles. The van der Waals surface area contributed by atoms with Crippen LogP contribution in [0.4, 0.5) is 13.2 Å². The van der Waals surface area contributed by atoms with E-state index in [1.807, 2.05) is 0 Å². The molecule has 0 saturated heterocycles. The third kappa shape index (κ3) is 17.2. The third-order valence-corrected chi connectivity index (χ3v) is 7.81. The van der Waals surface area contributed by atoms with Crippen molar-refractivity contribution in [2.45, 2.75) is 130 Å². The maximum atomic E-state index is 12.4. The highest BCUT2D eigenvalue weighted by atomic mass is 32.1. The normalized spacial score (nSPS) is 12.0. The van der Waals surface area contributed by atoms with Gasteiger partial charge in [0.25, 0.3) is 0 Å². The molecule has 0 fully saturated rings. The number of nitrogens with two attached hydrogens (primary N) is 1. The van der Waals surface area contributed by atoms with Crippen LogP contribution in [0.3, 0.4) is 0 Å². The summed E-state index contributed by atoms with van der Waals surface area (Å²) < 4.78 is 41.9. The van der Waals surface area contributed by atoms with Gasteiger partial charge in [-0.3, -0.25) is 4.79 Å². The molecule has 0 bridgehead atoms. The van der Waals surface area contributed by atoms with E-state index >= 15 is 0 Å². The topological polar surface area (TPSA) is 82.3 Å². The number of carbonyl (C=O) groups excluding carboxylic acids is 2. The van der Waals surface area contributed by atoms with Crippen LogP contribution in [0.2, 0.25) is 0 Å². The molecule has 0 spiro atoms. The van der Waals surface area contributed by atoms with Gasteiger partial charge in [0.1, 0.15) is 5.01 Å². The molecule has 41 heavy (non-hydrogen) atoms. The Morgan fingerprint density at radius 1 is 0.829 bits per heavy atom. The van der Waals surface area contributed by atoms with Crippen molar-refractivity contribution in [1.29, 1.82) is 0 Å². The van der Waals surface area contributed by atoms with Crippen molar-refractivity contribution in [2.75, 3.05) is 0 Å². The number of esters is 1. The van der Waals surface area contributed by atoms with Gasteiger partial charge in [-0.2, -0.15) is 13.2 Å². The molecule has 2 rings (SSSR count). The second kappa shape index (κ2) is 21.3. The molecule has 0 aliphatic heterocycles. The summed E-state index contributed by atoms with van der Waals surface area (Å²) in [5.74, 6) is -1.70. The lowest BCUT2D eigenvalue weighted by molar-refractivity contribution is -0.146. The monoisotopic (exact) mass is 598 g/mol. The summed E-state index contributed by atoms with van der Waals surface area (Å²) >= 11 is 1.05. The van der Waals surface area contributed by atoms with Crippen molar-refractivity contribution in [3.8, 4) is 16.5 Å². The predicted octanol–water partition coefficient (Wildman–Crippen LogP) is 10.1. The molecule has 1 atom stereocenters. The Morgan fingerprint density at radius 2 is 1.29 bits per heavy atom. The number of alkyl halides is 3. The summed E-state index contributed by atoms with van der Waals surface area (Å²) in [6, 6.07) is 4.35. The standard InChI is InChI=1S/C20H42.C12H7F3N2O3S/c1-4-6-8-10-12-13-15-17-19-20(3)18-16-14-11-9-7-5-2;13-12(14,15)7-3-1-6(2-4-7)10-17-8(5-21-10)20-11(19)9(16)18/h20H,4-19H2,1-3H3;1-5H,(H2,16,18). The fraction of sp³-hybridized carbons (Fsp3) is 0.656. The number of aromatic nitrogens is 1. The van der Waals surface area contributed by atoms with Gasteiger partial charge in [0.05, 0.1) is 10.9 Å². The highest BCUT2D eigenvalue weighted by Gasteiger charge is 2.30. The molecule has 2 N–H and O–H groups in total. The number of hydrogen-bond donors (Lipinski definition) is 1. The van der Waals surface area contributed by atoms with Crippen LogP contribution in [0.5, 0.6) is 5.88 Å². The van der Waals surface area contributed by atoms with Crippen LogP contribution in [0.1, 0.15) is 129 Å². The number of primary amides is 1. The number of unbranched alkanes of at least 4 members (excludes halogenated alkanes) is 12. The van der Waals surface area contributed by atoms with Gasteiger partial charge >= 0.3 is 18.1 Å². The van der Waals surface area contributed by atoms with Crippen molar-refractivity contribution in [3.63, 3.8) is 0 Å². The number of hydrogen-bond acceptors (Lipinski definition) is 5. The summed E-state index contributed by atoms with van der Waals surface area (Å²) in [5.41, 5.74) is 4.37. The predicted molar refractivity (Wildman–Crippen MR) is 162 cm³/mol. The van der Waals surface area contributed by atoms with Crippen molar-refractivity contribution in [3.05, 3.63) is 35.2 Å². The summed E-state index contributed by atoms with van der Waals surface area (Å²) in [7, 11) is 0. The van der Waals surface area contributed by atoms with E-state index in [2.05, 4.69) is 30.5 Å². The number of benzene rings is 1. The smallest absolute Gasteiger partial charge is 0.399 e. The fourth-order valence-electron chi connectivity index (χ4n) is 4.43. The molecule has 1 unspecified atom stereocenters. The van der Waals surface area contributed by atoms with E-state index in [-0.39, 0.29) is 5.88 Å². The second-order valence-electron chi connectivity index (χ2n) is 10.7. The number of halogens is 3. The molecule has 232 valence electrons. The lowest BCUT2D eigenvalue weighted by atomic mass is 9.96. The summed E-state index contributed by atoms with van der Waals surface area (Å²) in [4.78, 5) is 25.4.